The van der Waals surface area contributed by atoms with Gasteiger partial charge >= 0.3 is 0 Å². The number of carbonyl (C=O) groups excluding carboxylic acids is 1. The van der Waals surface area contributed by atoms with Crippen LogP contribution in [0.25, 0.3) is 10.9 Å². The molecule has 0 amide bonds. The van der Waals surface area contributed by atoms with E-state index in [4.69, 9.17) is 0 Å². The van der Waals surface area contributed by atoms with Crippen molar-refractivity contribution in [3.05, 3.63) is 42.1 Å². The maximum atomic E-state index is 12.4. The SMILES string of the molecule is O=C(c1cnc2ccccc2c1)C1CSCCS1. The van der Waals surface area contributed by atoms with Crippen LogP contribution in [0, 0.1) is 0 Å². The molecule has 0 N–H and O–H groups in total. The van der Waals surface area contributed by atoms with Crippen molar-refractivity contribution < 1.29 is 4.79 Å². The zero-order valence-corrected chi connectivity index (χ0v) is 11.5. The maximum Gasteiger partial charge on any atom is 0.178 e. The molecule has 1 aromatic carbocycles. The Labute approximate surface area is 115 Å². The fourth-order valence-electron chi connectivity index (χ4n) is 2.03. The second-order valence-electron chi connectivity index (χ2n) is 4.22. The van der Waals surface area contributed by atoms with Gasteiger partial charge < -0.3 is 0 Å². The van der Waals surface area contributed by atoms with E-state index >= 15 is 0 Å². The van der Waals surface area contributed by atoms with Gasteiger partial charge in [0.05, 0.1) is 10.8 Å². The molecule has 1 fully saturated rings. The summed E-state index contributed by atoms with van der Waals surface area (Å²) in [4.78, 5) is 16.7. The van der Waals surface area contributed by atoms with E-state index in [0.717, 1.165) is 33.7 Å². The fourth-order valence-corrected chi connectivity index (χ4v) is 4.66. The fraction of sp³-hybridized carbons (Fsp3) is 0.286. The summed E-state index contributed by atoms with van der Waals surface area (Å²) >= 11 is 3.64. The molecule has 1 aliphatic rings. The van der Waals surface area contributed by atoms with Crippen LogP contribution in [0.5, 0.6) is 0 Å². The number of hydrogen-bond acceptors (Lipinski definition) is 4. The lowest BCUT2D eigenvalue weighted by atomic mass is 10.1. The summed E-state index contributed by atoms with van der Waals surface area (Å²) in [5.41, 5.74) is 1.69. The molecule has 1 atom stereocenters. The van der Waals surface area contributed by atoms with Gasteiger partial charge in [-0.2, -0.15) is 11.8 Å². The van der Waals surface area contributed by atoms with Crippen LogP contribution in [0.1, 0.15) is 10.4 Å². The molecule has 4 heteroatoms. The van der Waals surface area contributed by atoms with Gasteiger partial charge in [0.2, 0.25) is 0 Å². The third kappa shape index (κ3) is 2.40. The predicted molar refractivity (Wildman–Crippen MR) is 79.6 cm³/mol. The molecule has 1 unspecified atom stereocenters. The highest BCUT2D eigenvalue weighted by Crippen LogP contribution is 2.27. The monoisotopic (exact) mass is 275 g/mol. The number of rotatable bonds is 2. The van der Waals surface area contributed by atoms with Gasteiger partial charge in [-0.15, -0.1) is 11.8 Å². The van der Waals surface area contributed by atoms with Crippen LogP contribution >= 0.6 is 23.5 Å². The van der Waals surface area contributed by atoms with Gasteiger partial charge in [0.15, 0.2) is 5.78 Å². The summed E-state index contributed by atoms with van der Waals surface area (Å²) in [6.07, 6.45) is 1.71. The summed E-state index contributed by atoms with van der Waals surface area (Å²) in [7, 11) is 0. The molecule has 2 heterocycles. The van der Waals surface area contributed by atoms with Crippen LogP contribution in [-0.2, 0) is 0 Å². The van der Waals surface area contributed by atoms with E-state index in [1.807, 2.05) is 42.1 Å². The predicted octanol–water partition coefficient (Wildman–Crippen LogP) is 3.27. The average molecular weight is 275 g/mol. The Bertz CT molecular complexity index is 579. The van der Waals surface area contributed by atoms with Crippen molar-refractivity contribution in [2.24, 2.45) is 0 Å². The molecular weight excluding hydrogens is 262 g/mol. The van der Waals surface area contributed by atoms with Crippen molar-refractivity contribution in [2.45, 2.75) is 5.25 Å². The molecule has 1 aliphatic heterocycles. The highest BCUT2D eigenvalue weighted by atomic mass is 32.2. The standard InChI is InChI=1S/C14H13NOS2/c16-14(13-9-17-5-6-18-13)11-7-10-3-1-2-4-12(10)15-8-11/h1-4,7-8,13H,5-6,9H2. The molecule has 0 spiro atoms. The number of fused-ring (bicyclic) bond motifs is 1. The maximum absolute atomic E-state index is 12.4. The smallest absolute Gasteiger partial charge is 0.178 e. The van der Waals surface area contributed by atoms with E-state index in [2.05, 4.69) is 4.98 Å². The van der Waals surface area contributed by atoms with E-state index in [0.29, 0.717) is 0 Å². The summed E-state index contributed by atoms with van der Waals surface area (Å²) in [5.74, 6) is 3.38. The van der Waals surface area contributed by atoms with Crippen LogP contribution in [0.15, 0.2) is 36.5 Å². The Morgan fingerprint density at radius 2 is 2.17 bits per heavy atom. The Morgan fingerprint density at radius 1 is 1.28 bits per heavy atom. The second kappa shape index (κ2) is 5.33. The summed E-state index contributed by atoms with van der Waals surface area (Å²) < 4.78 is 0. The minimum atomic E-state index is 0.103. The summed E-state index contributed by atoms with van der Waals surface area (Å²) in [5, 5.41) is 1.14. The summed E-state index contributed by atoms with van der Waals surface area (Å²) in [6, 6.07) is 9.87. The lowest BCUT2D eigenvalue weighted by molar-refractivity contribution is 0.0995. The van der Waals surface area contributed by atoms with Gasteiger partial charge in [0.1, 0.15) is 0 Å². The van der Waals surface area contributed by atoms with Crippen LogP contribution in [-0.4, -0.2) is 33.3 Å². The van der Waals surface area contributed by atoms with Crippen molar-refractivity contribution in [2.75, 3.05) is 17.3 Å². The van der Waals surface area contributed by atoms with Crippen molar-refractivity contribution in [1.29, 1.82) is 0 Å². The Balaban J connectivity index is 1.91. The first-order chi connectivity index (χ1) is 8.84. The Kier molecular flexibility index (Phi) is 3.57. The first-order valence-electron chi connectivity index (χ1n) is 5.93. The molecule has 0 saturated carbocycles. The number of thioether (sulfide) groups is 2. The van der Waals surface area contributed by atoms with E-state index in [-0.39, 0.29) is 11.0 Å². The van der Waals surface area contributed by atoms with Crippen LogP contribution in [0.2, 0.25) is 0 Å². The molecule has 0 aliphatic carbocycles. The number of benzene rings is 1. The minimum absolute atomic E-state index is 0.103. The van der Waals surface area contributed by atoms with Gasteiger partial charge in [0.25, 0.3) is 0 Å². The normalized spacial score (nSPS) is 19.9. The number of carbonyl (C=O) groups is 1. The number of ketones is 1. The lowest BCUT2D eigenvalue weighted by Gasteiger charge is -2.19. The first kappa shape index (κ1) is 12.1. The Hall–Kier alpha value is -1.000. The molecule has 1 aromatic heterocycles. The van der Waals surface area contributed by atoms with Crippen molar-refractivity contribution in [3.63, 3.8) is 0 Å². The van der Waals surface area contributed by atoms with E-state index in [9.17, 15) is 4.79 Å². The van der Waals surface area contributed by atoms with Gasteiger partial charge in [0, 0.05) is 34.4 Å². The lowest BCUT2D eigenvalue weighted by Crippen LogP contribution is -2.24. The van der Waals surface area contributed by atoms with Gasteiger partial charge in [-0.05, 0) is 12.1 Å². The minimum Gasteiger partial charge on any atom is -0.293 e. The number of Topliss-reactive ketones (excluding diaryl/α,β-unsaturated/α-hetero) is 1. The quantitative estimate of drug-likeness (QED) is 0.787. The van der Waals surface area contributed by atoms with Crippen molar-refractivity contribution >= 4 is 40.2 Å². The number of aromatic nitrogens is 1. The van der Waals surface area contributed by atoms with Crippen LogP contribution < -0.4 is 0 Å². The van der Waals surface area contributed by atoms with Crippen molar-refractivity contribution in [1.82, 2.24) is 4.98 Å². The molecule has 18 heavy (non-hydrogen) atoms. The van der Waals surface area contributed by atoms with E-state index in [1.54, 1.807) is 18.0 Å². The topological polar surface area (TPSA) is 30.0 Å². The molecular formula is C14H13NOS2. The third-order valence-corrected chi connectivity index (χ3v) is 5.74. The molecule has 92 valence electrons. The van der Waals surface area contributed by atoms with E-state index in [1.165, 1.54) is 0 Å². The number of pyridine rings is 1. The Morgan fingerprint density at radius 3 is 3.00 bits per heavy atom. The second-order valence-corrected chi connectivity index (χ2v) is 6.68. The number of para-hydroxylation sites is 1. The number of nitrogens with zero attached hydrogens (tertiary/aromatic N) is 1. The molecule has 0 bridgehead atoms. The average Bonchev–Trinajstić information content (AvgIpc) is 2.47. The third-order valence-electron chi connectivity index (χ3n) is 2.98. The van der Waals surface area contributed by atoms with Crippen molar-refractivity contribution in [3.8, 4) is 0 Å². The first-order valence-corrected chi connectivity index (χ1v) is 8.13. The highest BCUT2D eigenvalue weighted by Gasteiger charge is 2.23. The van der Waals surface area contributed by atoms with Gasteiger partial charge in [-0.1, -0.05) is 18.2 Å². The zero-order chi connectivity index (χ0) is 12.4. The van der Waals surface area contributed by atoms with E-state index < -0.39 is 0 Å². The molecule has 2 nitrogen and oxygen atoms in total. The largest absolute Gasteiger partial charge is 0.293 e. The summed E-state index contributed by atoms with van der Waals surface area (Å²) in [6.45, 7) is 0. The molecule has 1 saturated heterocycles. The van der Waals surface area contributed by atoms with Crippen LogP contribution in [0.3, 0.4) is 0 Å². The number of hydrogen-bond donors (Lipinski definition) is 0. The molecule has 3 rings (SSSR count). The molecule has 2 aromatic rings. The zero-order valence-electron chi connectivity index (χ0n) is 9.83. The molecule has 0 radical (unpaired) electrons. The van der Waals surface area contributed by atoms with Crippen LogP contribution in [0.4, 0.5) is 0 Å². The highest BCUT2D eigenvalue weighted by molar-refractivity contribution is 8.07. The van der Waals surface area contributed by atoms with Gasteiger partial charge in [-0.25, -0.2) is 0 Å². The van der Waals surface area contributed by atoms with Gasteiger partial charge in [-0.3, -0.25) is 9.78 Å².